The summed E-state index contributed by atoms with van der Waals surface area (Å²) < 4.78 is 5.17. The molecule has 0 bridgehead atoms. The van der Waals surface area contributed by atoms with Crippen molar-refractivity contribution in [3.63, 3.8) is 0 Å². The lowest BCUT2D eigenvalue weighted by molar-refractivity contribution is 0.0524. The van der Waals surface area contributed by atoms with Gasteiger partial charge in [-0.2, -0.15) is 0 Å². The molecule has 0 aromatic carbocycles. The van der Waals surface area contributed by atoms with E-state index in [1.54, 1.807) is 11.3 Å². The molecule has 0 aliphatic heterocycles. The summed E-state index contributed by atoms with van der Waals surface area (Å²) in [6.07, 6.45) is 1.79. The molecule has 0 aliphatic rings. The van der Waals surface area contributed by atoms with Crippen LogP contribution in [0.3, 0.4) is 0 Å². The molecule has 1 heterocycles. The SMILES string of the molecule is CCCc1ccc(C(N)CNC(=O)OC(C)(C)C)s1. The molecule has 4 nitrogen and oxygen atoms in total. The normalized spacial score (nSPS) is 13.1. The average molecular weight is 284 g/mol. The number of alkyl carbamates (subject to hydrolysis) is 1. The number of hydrogen-bond donors (Lipinski definition) is 2. The minimum absolute atomic E-state index is 0.178. The number of hydrogen-bond acceptors (Lipinski definition) is 4. The number of ether oxygens (including phenoxy) is 1. The highest BCUT2D eigenvalue weighted by atomic mass is 32.1. The highest BCUT2D eigenvalue weighted by molar-refractivity contribution is 7.12. The van der Waals surface area contributed by atoms with E-state index in [0.29, 0.717) is 6.54 Å². The molecule has 0 spiro atoms. The van der Waals surface area contributed by atoms with Gasteiger partial charge in [0.05, 0.1) is 6.04 Å². The van der Waals surface area contributed by atoms with Crippen molar-refractivity contribution in [2.75, 3.05) is 6.54 Å². The van der Waals surface area contributed by atoms with Crippen molar-refractivity contribution in [2.24, 2.45) is 5.73 Å². The maximum absolute atomic E-state index is 11.5. The molecular weight excluding hydrogens is 260 g/mol. The topological polar surface area (TPSA) is 64.3 Å². The molecule has 19 heavy (non-hydrogen) atoms. The Morgan fingerprint density at radius 1 is 1.47 bits per heavy atom. The van der Waals surface area contributed by atoms with Gasteiger partial charge >= 0.3 is 6.09 Å². The molecule has 0 aliphatic carbocycles. The van der Waals surface area contributed by atoms with Crippen molar-refractivity contribution in [2.45, 2.75) is 52.2 Å². The molecule has 0 saturated heterocycles. The summed E-state index contributed by atoms with van der Waals surface area (Å²) in [6, 6.07) is 3.97. The third-order valence-electron chi connectivity index (χ3n) is 2.41. The molecule has 1 amide bonds. The highest BCUT2D eigenvalue weighted by Crippen LogP contribution is 2.22. The second kappa shape index (κ2) is 6.91. The summed E-state index contributed by atoms with van der Waals surface area (Å²) in [5.41, 5.74) is 5.58. The number of rotatable bonds is 5. The second-order valence-electron chi connectivity index (χ2n) is 5.54. The number of thiophene rings is 1. The van der Waals surface area contributed by atoms with Crippen molar-refractivity contribution in [3.8, 4) is 0 Å². The number of amides is 1. The van der Waals surface area contributed by atoms with Crippen molar-refractivity contribution >= 4 is 17.4 Å². The Labute approximate surface area is 119 Å². The van der Waals surface area contributed by atoms with Crippen LogP contribution < -0.4 is 11.1 Å². The highest BCUT2D eigenvalue weighted by Gasteiger charge is 2.17. The first kappa shape index (κ1) is 16.0. The predicted molar refractivity (Wildman–Crippen MR) is 79.5 cm³/mol. The molecule has 5 heteroatoms. The molecule has 0 radical (unpaired) electrons. The molecular formula is C14H24N2O2S. The van der Waals surface area contributed by atoms with Crippen LogP contribution in [0.4, 0.5) is 4.79 Å². The van der Waals surface area contributed by atoms with Crippen LogP contribution in [0.2, 0.25) is 0 Å². The van der Waals surface area contributed by atoms with E-state index in [-0.39, 0.29) is 6.04 Å². The van der Waals surface area contributed by atoms with Gasteiger partial charge in [0.1, 0.15) is 5.60 Å². The third-order valence-corrected chi connectivity index (χ3v) is 3.69. The zero-order chi connectivity index (χ0) is 14.5. The summed E-state index contributed by atoms with van der Waals surface area (Å²) in [6.45, 7) is 8.05. The molecule has 1 aromatic rings. The van der Waals surface area contributed by atoms with Gasteiger partial charge in [0.25, 0.3) is 0 Å². The smallest absolute Gasteiger partial charge is 0.407 e. The van der Waals surface area contributed by atoms with E-state index >= 15 is 0 Å². The van der Waals surface area contributed by atoms with Crippen molar-refractivity contribution < 1.29 is 9.53 Å². The number of aryl methyl sites for hydroxylation is 1. The van der Waals surface area contributed by atoms with E-state index in [1.165, 1.54) is 4.88 Å². The van der Waals surface area contributed by atoms with Gasteiger partial charge in [-0.15, -0.1) is 11.3 Å². The van der Waals surface area contributed by atoms with Crippen molar-refractivity contribution in [1.82, 2.24) is 5.32 Å². The van der Waals surface area contributed by atoms with Gasteiger partial charge in [-0.3, -0.25) is 0 Å². The number of carbonyl (C=O) groups is 1. The minimum atomic E-state index is -0.481. The fourth-order valence-electron chi connectivity index (χ4n) is 1.58. The van der Waals surface area contributed by atoms with Crippen LogP contribution in [0.15, 0.2) is 12.1 Å². The molecule has 1 rings (SSSR count). The fourth-order valence-corrected chi connectivity index (χ4v) is 2.70. The van der Waals surface area contributed by atoms with Gasteiger partial charge in [0.2, 0.25) is 0 Å². The summed E-state index contributed by atoms with van der Waals surface area (Å²) in [5.74, 6) is 0. The Morgan fingerprint density at radius 2 is 2.16 bits per heavy atom. The van der Waals surface area contributed by atoms with Crippen LogP contribution in [-0.2, 0) is 11.2 Å². The molecule has 1 aromatic heterocycles. The maximum atomic E-state index is 11.5. The predicted octanol–water partition coefficient (Wildman–Crippen LogP) is 3.23. The summed E-state index contributed by atoms with van der Waals surface area (Å²) in [4.78, 5) is 14.0. The van der Waals surface area contributed by atoms with E-state index in [1.807, 2.05) is 26.8 Å². The Kier molecular flexibility index (Phi) is 5.82. The Morgan fingerprint density at radius 3 is 2.74 bits per heavy atom. The van der Waals surface area contributed by atoms with Crippen LogP contribution in [0, 0.1) is 0 Å². The van der Waals surface area contributed by atoms with E-state index in [2.05, 4.69) is 18.3 Å². The quantitative estimate of drug-likeness (QED) is 0.872. The third kappa shape index (κ3) is 6.07. The largest absolute Gasteiger partial charge is 0.444 e. The lowest BCUT2D eigenvalue weighted by Crippen LogP contribution is -2.36. The monoisotopic (exact) mass is 284 g/mol. The van der Waals surface area contributed by atoms with E-state index in [9.17, 15) is 4.79 Å². The Hall–Kier alpha value is -1.07. The van der Waals surface area contributed by atoms with Gasteiger partial charge in [-0.05, 0) is 39.3 Å². The molecule has 1 atom stereocenters. The van der Waals surface area contributed by atoms with Gasteiger partial charge in [0.15, 0.2) is 0 Å². The van der Waals surface area contributed by atoms with Gasteiger partial charge < -0.3 is 15.8 Å². The molecule has 108 valence electrons. The average Bonchev–Trinajstić information content (AvgIpc) is 2.73. The van der Waals surface area contributed by atoms with Crippen LogP contribution >= 0.6 is 11.3 Å². The zero-order valence-electron chi connectivity index (χ0n) is 12.2. The van der Waals surface area contributed by atoms with Crippen LogP contribution in [-0.4, -0.2) is 18.2 Å². The van der Waals surface area contributed by atoms with Gasteiger partial charge in [0, 0.05) is 16.3 Å². The number of carbonyl (C=O) groups excluding carboxylic acids is 1. The Balaban J connectivity index is 2.42. The second-order valence-corrected chi connectivity index (χ2v) is 6.74. The number of nitrogens with two attached hydrogens (primary N) is 1. The summed E-state index contributed by atoms with van der Waals surface area (Å²) in [5, 5.41) is 2.70. The van der Waals surface area contributed by atoms with Crippen LogP contribution in [0.1, 0.15) is 49.9 Å². The number of nitrogens with one attached hydrogen (secondary N) is 1. The summed E-state index contributed by atoms with van der Waals surface area (Å²) in [7, 11) is 0. The lowest BCUT2D eigenvalue weighted by Gasteiger charge is -2.20. The van der Waals surface area contributed by atoms with Crippen molar-refractivity contribution in [3.05, 3.63) is 21.9 Å². The fraction of sp³-hybridized carbons (Fsp3) is 0.643. The lowest BCUT2D eigenvalue weighted by atomic mass is 10.2. The minimum Gasteiger partial charge on any atom is -0.444 e. The zero-order valence-corrected chi connectivity index (χ0v) is 13.0. The van der Waals surface area contributed by atoms with Gasteiger partial charge in [-0.25, -0.2) is 4.79 Å². The van der Waals surface area contributed by atoms with E-state index < -0.39 is 11.7 Å². The first-order valence-corrected chi connectivity index (χ1v) is 7.44. The molecule has 0 fully saturated rings. The maximum Gasteiger partial charge on any atom is 0.407 e. The molecule has 3 N–H and O–H groups in total. The first-order chi connectivity index (χ1) is 8.81. The van der Waals surface area contributed by atoms with E-state index in [0.717, 1.165) is 17.7 Å². The van der Waals surface area contributed by atoms with Crippen LogP contribution in [0.25, 0.3) is 0 Å². The summed E-state index contributed by atoms with van der Waals surface area (Å²) >= 11 is 1.71. The van der Waals surface area contributed by atoms with Crippen LogP contribution in [0.5, 0.6) is 0 Å². The van der Waals surface area contributed by atoms with Crippen molar-refractivity contribution in [1.29, 1.82) is 0 Å². The Bertz CT molecular complexity index is 410. The van der Waals surface area contributed by atoms with Gasteiger partial charge in [-0.1, -0.05) is 13.3 Å². The standard InChI is InChI=1S/C14H24N2O2S/c1-5-6-10-7-8-12(19-10)11(15)9-16-13(17)18-14(2,3)4/h7-8,11H,5-6,9,15H2,1-4H3,(H,16,17). The first-order valence-electron chi connectivity index (χ1n) is 6.63. The molecule has 0 saturated carbocycles. The van der Waals surface area contributed by atoms with E-state index in [4.69, 9.17) is 10.5 Å². The molecule has 1 unspecified atom stereocenters.